The molecule has 0 spiro atoms. The molecule has 1 aliphatic heterocycles. The van der Waals surface area contributed by atoms with Gasteiger partial charge >= 0.3 is 0 Å². The summed E-state index contributed by atoms with van der Waals surface area (Å²) >= 11 is 0. The van der Waals surface area contributed by atoms with Crippen molar-refractivity contribution >= 4 is 15.9 Å². The Morgan fingerprint density at radius 3 is 2.41 bits per heavy atom. The third kappa shape index (κ3) is 4.91. The van der Waals surface area contributed by atoms with Gasteiger partial charge in [-0.15, -0.1) is 0 Å². The van der Waals surface area contributed by atoms with Crippen LogP contribution in [0.15, 0.2) is 29.2 Å². The number of nitrogens with zero attached hydrogens (tertiary/aromatic N) is 1. The largest absolute Gasteiger partial charge is 0.354 e. The van der Waals surface area contributed by atoms with Crippen molar-refractivity contribution in [2.45, 2.75) is 75.6 Å². The van der Waals surface area contributed by atoms with Crippen molar-refractivity contribution in [3.05, 3.63) is 29.8 Å². The molecular formula is C21H32N2O3S. The molecule has 0 bridgehead atoms. The van der Waals surface area contributed by atoms with Gasteiger partial charge in [0.1, 0.15) is 0 Å². The van der Waals surface area contributed by atoms with Gasteiger partial charge in [0.2, 0.25) is 15.9 Å². The molecule has 5 nitrogen and oxygen atoms in total. The number of aryl methyl sites for hydroxylation is 1. The molecule has 6 heteroatoms. The summed E-state index contributed by atoms with van der Waals surface area (Å²) in [7, 11) is -3.52. The second kappa shape index (κ2) is 9.20. The molecule has 1 amide bonds. The van der Waals surface area contributed by atoms with E-state index in [1.807, 2.05) is 19.1 Å². The van der Waals surface area contributed by atoms with Crippen LogP contribution in [-0.4, -0.2) is 37.8 Å². The zero-order valence-electron chi connectivity index (χ0n) is 16.3. The van der Waals surface area contributed by atoms with E-state index in [2.05, 4.69) is 5.32 Å². The maximum Gasteiger partial charge on any atom is 0.243 e. The first-order valence-corrected chi connectivity index (χ1v) is 11.8. The van der Waals surface area contributed by atoms with Gasteiger partial charge in [-0.3, -0.25) is 4.79 Å². The highest BCUT2D eigenvalue weighted by molar-refractivity contribution is 7.89. The van der Waals surface area contributed by atoms with Crippen LogP contribution in [0.4, 0.5) is 0 Å². The highest BCUT2D eigenvalue weighted by Crippen LogP contribution is 2.28. The van der Waals surface area contributed by atoms with Crippen LogP contribution >= 0.6 is 0 Å². The molecule has 1 atom stereocenters. The third-order valence-electron chi connectivity index (χ3n) is 5.99. The second-order valence-electron chi connectivity index (χ2n) is 7.96. The van der Waals surface area contributed by atoms with Gasteiger partial charge in [-0.1, -0.05) is 50.3 Å². The van der Waals surface area contributed by atoms with Gasteiger partial charge in [-0.2, -0.15) is 4.31 Å². The summed E-state index contributed by atoms with van der Waals surface area (Å²) < 4.78 is 27.8. The van der Waals surface area contributed by atoms with Crippen LogP contribution in [0.1, 0.15) is 63.4 Å². The van der Waals surface area contributed by atoms with Crippen LogP contribution in [0.5, 0.6) is 0 Å². The molecule has 1 saturated heterocycles. The van der Waals surface area contributed by atoms with Gasteiger partial charge in [-0.25, -0.2) is 8.42 Å². The van der Waals surface area contributed by atoms with Crippen LogP contribution in [0.25, 0.3) is 0 Å². The lowest BCUT2D eigenvalue weighted by molar-refractivity contribution is -0.125. The number of benzene rings is 1. The molecule has 3 rings (SSSR count). The molecule has 1 N–H and O–H groups in total. The zero-order chi connectivity index (χ0) is 19.3. The quantitative estimate of drug-likeness (QED) is 0.832. The molecule has 27 heavy (non-hydrogen) atoms. The minimum Gasteiger partial charge on any atom is -0.354 e. The summed E-state index contributed by atoms with van der Waals surface area (Å²) in [6.45, 7) is 2.77. The number of sulfonamides is 1. The maximum atomic E-state index is 13.1. The number of hydrogen-bond donors (Lipinski definition) is 1. The van der Waals surface area contributed by atoms with Crippen LogP contribution in [-0.2, 0) is 14.8 Å². The van der Waals surface area contributed by atoms with Gasteiger partial charge in [0.15, 0.2) is 0 Å². The molecule has 1 aromatic rings. The van der Waals surface area contributed by atoms with Crippen molar-refractivity contribution in [1.29, 1.82) is 0 Å². The number of nitrogens with one attached hydrogen (secondary N) is 1. The van der Waals surface area contributed by atoms with E-state index in [0.29, 0.717) is 18.0 Å². The summed E-state index contributed by atoms with van der Waals surface area (Å²) in [5.74, 6) is 0.199. The lowest BCUT2D eigenvalue weighted by Crippen LogP contribution is -2.44. The first-order chi connectivity index (χ1) is 13.0. The van der Waals surface area contributed by atoms with Crippen LogP contribution in [0.2, 0.25) is 0 Å². The van der Waals surface area contributed by atoms with E-state index in [9.17, 15) is 13.2 Å². The topological polar surface area (TPSA) is 66.5 Å². The van der Waals surface area contributed by atoms with Crippen LogP contribution in [0, 0.1) is 12.8 Å². The monoisotopic (exact) mass is 392 g/mol. The summed E-state index contributed by atoms with van der Waals surface area (Å²) in [6.07, 6.45) is 9.52. The smallest absolute Gasteiger partial charge is 0.243 e. The maximum absolute atomic E-state index is 13.1. The SMILES string of the molecule is Cc1ccccc1S(=O)(=O)N1CCCC1CNC(=O)C1CCCCCCC1. The third-order valence-corrected chi connectivity index (χ3v) is 8.10. The molecule has 2 aliphatic rings. The average molecular weight is 393 g/mol. The molecule has 2 fully saturated rings. The van der Waals surface area contributed by atoms with E-state index in [4.69, 9.17) is 0 Å². The number of amides is 1. The normalized spacial score (nSPS) is 22.9. The minimum atomic E-state index is -3.52. The number of carbonyl (C=O) groups excluding carboxylic acids is 1. The van der Waals surface area contributed by atoms with Gasteiger partial charge in [-0.05, 0) is 44.2 Å². The molecule has 1 heterocycles. The van der Waals surface area contributed by atoms with E-state index in [1.54, 1.807) is 16.4 Å². The molecule has 150 valence electrons. The summed E-state index contributed by atoms with van der Waals surface area (Å²) in [4.78, 5) is 13.0. The average Bonchev–Trinajstić information content (AvgIpc) is 3.09. The Bertz CT molecular complexity index is 740. The molecule has 1 aliphatic carbocycles. The van der Waals surface area contributed by atoms with E-state index in [1.165, 1.54) is 19.3 Å². The van der Waals surface area contributed by atoms with Crippen molar-refractivity contribution in [3.63, 3.8) is 0 Å². The summed E-state index contributed by atoms with van der Waals surface area (Å²) in [5.41, 5.74) is 0.765. The predicted molar refractivity (Wildman–Crippen MR) is 107 cm³/mol. The fourth-order valence-corrected chi connectivity index (χ4v) is 6.30. The lowest BCUT2D eigenvalue weighted by Gasteiger charge is -2.26. The van der Waals surface area contributed by atoms with Gasteiger partial charge in [0.25, 0.3) is 0 Å². The van der Waals surface area contributed by atoms with E-state index in [0.717, 1.165) is 44.1 Å². The first-order valence-electron chi connectivity index (χ1n) is 10.4. The molecule has 1 saturated carbocycles. The Labute approximate surface area is 163 Å². The Morgan fingerprint density at radius 2 is 1.70 bits per heavy atom. The highest BCUT2D eigenvalue weighted by atomic mass is 32.2. The molecule has 1 aromatic carbocycles. The number of carbonyl (C=O) groups is 1. The zero-order valence-corrected chi connectivity index (χ0v) is 17.1. The van der Waals surface area contributed by atoms with Crippen molar-refractivity contribution in [2.24, 2.45) is 5.92 Å². The number of hydrogen-bond acceptors (Lipinski definition) is 3. The van der Waals surface area contributed by atoms with Crippen LogP contribution in [0.3, 0.4) is 0 Å². The summed E-state index contributed by atoms with van der Waals surface area (Å²) in [6, 6.07) is 6.97. The van der Waals surface area contributed by atoms with E-state index in [-0.39, 0.29) is 17.9 Å². The Balaban J connectivity index is 1.63. The Morgan fingerprint density at radius 1 is 1.04 bits per heavy atom. The Kier molecular flexibility index (Phi) is 6.93. The van der Waals surface area contributed by atoms with Gasteiger partial charge in [0.05, 0.1) is 4.90 Å². The number of rotatable bonds is 5. The van der Waals surface area contributed by atoms with E-state index >= 15 is 0 Å². The minimum absolute atomic E-state index is 0.0909. The first kappa shape index (κ1) is 20.3. The predicted octanol–water partition coefficient (Wildman–Crippen LogP) is 3.62. The van der Waals surface area contributed by atoms with Crippen molar-refractivity contribution in [1.82, 2.24) is 9.62 Å². The molecule has 0 aromatic heterocycles. The summed E-state index contributed by atoms with van der Waals surface area (Å²) in [5, 5.41) is 3.07. The standard InChI is InChI=1S/C21H32N2O3S/c1-17-10-7-8-14-20(17)27(25,26)23-15-9-13-19(23)16-22-21(24)18-11-5-3-2-4-6-12-18/h7-8,10,14,18-19H,2-6,9,11-13,15-16H2,1H3,(H,22,24). The van der Waals surface area contributed by atoms with Gasteiger partial charge < -0.3 is 5.32 Å². The molecule has 0 radical (unpaired) electrons. The second-order valence-corrected chi connectivity index (χ2v) is 9.82. The molecule has 1 unspecified atom stereocenters. The van der Waals surface area contributed by atoms with Gasteiger partial charge in [0, 0.05) is 25.0 Å². The molecular weight excluding hydrogens is 360 g/mol. The van der Waals surface area contributed by atoms with Crippen LogP contribution < -0.4 is 5.32 Å². The fraction of sp³-hybridized carbons (Fsp3) is 0.667. The highest BCUT2D eigenvalue weighted by Gasteiger charge is 2.36. The van der Waals surface area contributed by atoms with Crippen molar-refractivity contribution in [3.8, 4) is 0 Å². The fourth-order valence-electron chi connectivity index (χ4n) is 4.38. The lowest BCUT2D eigenvalue weighted by atomic mass is 9.90. The van der Waals surface area contributed by atoms with Crippen molar-refractivity contribution in [2.75, 3.05) is 13.1 Å². The van der Waals surface area contributed by atoms with Crippen molar-refractivity contribution < 1.29 is 13.2 Å². The van der Waals surface area contributed by atoms with E-state index < -0.39 is 10.0 Å². The Hall–Kier alpha value is -1.40.